The second-order valence-electron chi connectivity index (χ2n) is 9.45. The number of halogens is 2. The summed E-state index contributed by atoms with van der Waals surface area (Å²) in [6, 6.07) is 2.02. The monoisotopic (exact) mass is 388 g/mol. The zero-order chi connectivity index (χ0) is 19.7. The van der Waals surface area contributed by atoms with E-state index >= 15 is 0 Å². The van der Waals surface area contributed by atoms with Crippen LogP contribution in [0.2, 0.25) is 0 Å². The summed E-state index contributed by atoms with van der Waals surface area (Å²) in [5.74, 6) is 0.849. The first-order valence-electron chi connectivity index (χ1n) is 11.3. The summed E-state index contributed by atoms with van der Waals surface area (Å²) >= 11 is 0. The van der Waals surface area contributed by atoms with Crippen LogP contribution < -0.4 is 0 Å². The molecule has 3 aliphatic rings. The summed E-state index contributed by atoms with van der Waals surface area (Å²) in [6.07, 6.45) is 13.6. The molecule has 28 heavy (non-hydrogen) atoms. The topological polar surface area (TPSA) is 9.23 Å². The highest BCUT2D eigenvalue weighted by atomic mass is 19.2. The third-order valence-electron chi connectivity index (χ3n) is 7.56. The fourth-order valence-corrected chi connectivity index (χ4v) is 5.90. The molecule has 0 radical (unpaired) electrons. The van der Waals surface area contributed by atoms with Gasteiger partial charge in [-0.3, -0.25) is 0 Å². The Labute approximate surface area is 168 Å². The van der Waals surface area contributed by atoms with Crippen LogP contribution in [0.15, 0.2) is 18.2 Å². The molecule has 0 aromatic heterocycles. The Balaban J connectivity index is 1.45. The Morgan fingerprint density at radius 2 is 1.82 bits per heavy atom. The average molecular weight is 389 g/mol. The third kappa shape index (κ3) is 4.06. The molecule has 154 valence electrons. The molecule has 0 bridgehead atoms. The van der Waals surface area contributed by atoms with Gasteiger partial charge in [-0.15, -0.1) is 0 Å². The van der Waals surface area contributed by atoms with Crippen molar-refractivity contribution in [2.75, 3.05) is 6.61 Å². The molecular formula is C25H34F2O. The lowest BCUT2D eigenvalue weighted by atomic mass is 9.65. The first kappa shape index (κ1) is 20.1. The van der Waals surface area contributed by atoms with Gasteiger partial charge in [-0.05, 0) is 105 Å². The molecular weight excluding hydrogens is 354 g/mol. The molecule has 3 aliphatic carbocycles. The maximum Gasteiger partial charge on any atom is 0.162 e. The number of allylic oxidation sites excluding steroid dienone is 1. The normalized spacial score (nSPS) is 32.9. The minimum absolute atomic E-state index is 0.181. The lowest BCUT2D eigenvalue weighted by Crippen LogP contribution is -2.34. The van der Waals surface area contributed by atoms with Crippen molar-refractivity contribution in [3.8, 4) is 0 Å². The van der Waals surface area contributed by atoms with Gasteiger partial charge in [-0.25, -0.2) is 8.78 Å². The highest BCUT2D eigenvalue weighted by Crippen LogP contribution is 2.48. The number of rotatable bonds is 4. The van der Waals surface area contributed by atoms with Crippen molar-refractivity contribution in [3.05, 3.63) is 46.5 Å². The molecule has 1 aromatic carbocycles. The van der Waals surface area contributed by atoms with Crippen molar-refractivity contribution < 1.29 is 13.5 Å². The smallest absolute Gasteiger partial charge is 0.162 e. The highest BCUT2D eigenvalue weighted by molar-refractivity contribution is 5.38. The summed E-state index contributed by atoms with van der Waals surface area (Å²) in [4.78, 5) is 0. The first-order chi connectivity index (χ1) is 13.6. The molecule has 0 aliphatic heterocycles. The molecule has 0 saturated heterocycles. The van der Waals surface area contributed by atoms with E-state index in [4.69, 9.17) is 4.74 Å². The van der Waals surface area contributed by atoms with Gasteiger partial charge in [0.15, 0.2) is 11.6 Å². The summed E-state index contributed by atoms with van der Waals surface area (Å²) in [5.41, 5.74) is 2.37. The second kappa shape index (κ2) is 8.65. The van der Waals surface area contributed by atoms with Gasteiger partial charge in [0.1, 0.15) is 0 Å². The molecule has 1 aromatic rings. The van der Waals surface area contributed by atoms with Crippen molar-refractivity contribution >= 4 is 0 Å². The molecule has 4 rings (SSSR count). The summed E-state index contributed by atoms with van der Waals surface area (Å²) in [7, 11) is 0. The van der Waals surface area contributed by atoms with Gasteiger partial charge < -0.3 is 4.74 Å². The highest BCUT2D eigenvalue weighted by Gasteiger charge is 2.38. The summed E-state index contributed by atoms with van der Waals surface area (Å²) in [5, 5.41) is 0. The van der Waals surface area contributed by atoms with Gasteiger partial charge in [0, 0.05) is 0 Å². The minimum Gasteiger partial charge on any atom is -0.374 e. The van der Waals surface area contributed by atoms with Crippen LogP contribution in [-0.2, 0) is 17.6 Å². The third-order valence-corrected chi connectivity index (χ3v) is 7.56. The van der Waals surface area contributed by atoms with Crippen LogP contribution in [-0.4, -0.2) is 12.7 Å². The lowest BCUT2D eigenvalue weighted by molar-refractivity contribution is -0.00337. The molecule has 5 atom stereocenters. The van der Waals surface area contributed by atoms with E-state index in [1.54, 1.807) is 0 Å². The zero-order valence-electron chi connectivity index (χ0n) is 17.4. The molecule has 5 unspecified atom stereocenters. The van der Waals surface area contributed by atoms with Crippen LogP contribution in [0.4, 0.5) is 8.78 Å². The predicted octanol–water partition coefficient (Wildman–Crippen LogP) is 6.73. The maximum atomic E-state index is 15.0. The van der Waals surface area contributed by atoms with E-state index in [-0.39, 0.29) is 5.92 Å². The molecule has 0 N–H and O–H groups in total. The second-order valence-corrected chi connectivity index (χ2v) is 9.45. The van der Waals surface area contributed by atoms with E-state index in [0.29, 0.717) is 48.0 Å². The van der Waals surface area contributed by atoms with Crippen LogP contribution in [0, 0.1) is 29.4 Å². The van der Waals surface area contributed by atoms with E-state index in [0.717, 1.165) is 56.9 Å². The van der Waals surface area contributed by atoms with E-state index < -0.39 is 11.6 Å². The van der Waals surface area contributed by atoms with Crippen molar-refractivity contribution in [1.82, 2.24) is 0 Å². The van der Waals surface area contributed by atoms with Crippen LogP contribution in [0.5, 0.6) is 0 Å². The number of hydrogen-bond donors (Lipinski definition) is 0. The first-order valence-corrected chi connectivity index (χ1v) is 11.3. The van der Waals surface area contributed by atoms with E-state index in [2.05, 4.69) is 13.0 Å². The van der Waals surface area contributed by atoms with Crippen LogP contribution in [0.3, 0.4) is 0 Å². The number of benzene rings is 1. The Kier molecular flexibility index (Phi) is 6.20. The maximum absolute atomic E-state index is 15.0. The summed E-state index contributed by atoms with van der Waals surface area (Å²) in [6.45, 7) is 4.86. The van der Waals surface area contributed by atoms with Gasteiger partial charge in [0.2, 0.25) is 0 Å². The average Bonchev–Trinajstić information content (AvgIpc) is 2.71. The lowest BCUT2D eigenvalue weighted by Gasteiger charge is -2.42. The van der Waals surface area contributed by atoms with E-state index in [1.807, 2.05) is 19.1 Å². The van der Waals surface area contributed by atoms with Crippen molar-refractivity contribution in [1.29, 1.82) is 0 Å². The van der Waals surface area contributed by atoms with Crippen molar-refractivity contribution in [2.45, 2.75) is 83.7 Å². The Morgan fingerprint density at radius 3 is 2.64 bits per heavy atom. The SMILES string of the molecule is C/C=C/COC1CCC2CC(c3cc4c(c(F)c3F)CC(C)CC4)CCC2C1. The van der Waals surface area contributed by atoms with Gasteiger partial charge in [-0.2, -0.15) is 0 Å². The molecule has 0 heterocycles. The van der Waals surface area contributed by atoms with Crippen LogP contribution in [0.1, 0.15) is 81.4 Å². The minimum atomic E-state index is -0.556. The number of aryl methyl sites for hydroxylation is 1. The van der Waals surface area contributed by atoms with Gasteiger partial charge in [0.05, 0.1) is 12.7 Å². The molecule has 1 nitrogen and oxygen atoms in total. The molecule has 3 heteroatoms. The van der Waals surface area contributed by atoms with Gasteiger partial charge in [0.25, 0.3) is 0 Å². The van der Waals surface area contributed by atoms with E-state index in [1.165, 1.54) is 0 Å². The number of ether oxygens (including phenoxy) is 1. The number of fused-ring (bicyclic) bond motifs is 2. The van der Waals surface area contributed by atoms with Gasteiger partial charge in [-0.1, -0.05) is 25.1 Å². The largest absolute Gasteiger partial charge is 0.374 e. The van der Waals surface area contributed by atoms with Crippen LogP contribution >= 0.6 is 0 Å². The fourth-order valence-electron chi connectivity index (χ4n) is 5.90. The molecule has 2 saturated carbocycles. The molecule has 0 spiro atoms. The Bertz CT molecular complexity index is 726. The zero-order valence-corrected chi connectivity index (χ0v) is 17.4. The Hall–Kier alpha value is -1.22. The van der Waals surface area contributed by atoms with Crippen molar-refractivity contribution in [2.24, 2.45) is 17.8 Å². The fraction of sp³-hybridized carbons (Fsp3) is 0.680. The number of hydrogen-bond acceptors (Lipinski definition) is 1. The van der Waals surface area contributed by atoms with E-state index in [9.17, 15) is 8.78 Å². The summed E-state index contributed by atoms with van der Waals surface area (Å²) < 4.78 is 35.8. The quantitative estimate of drug-likeness (QED) is 0.519. The Morgan fingerprint density at radius 1 is 1.04 bits per heavy atom. The molecule has 0 amide bonds. The predicted molar refractivity (Wildman–Crippen MR) is 110 cm³/mol. The van der Waals surface area contributed by atoms with Gasteiger partial charge >= 0.3 is 0 Å². The van der Waals surface area contributed by atoms with Crippen molar-refractivity contribution in [3.63, 3.8) is 0 Å². The standard InChI is InChI=1S/C25H34F2O/c1-3-4-11-28-21-10-9-17-13-19(8-7-18(17)14-21)23-15-20-6-5-16(2)12-22(20)24(26)25(23)27/h3-4,15-19,21H,5-14H2,1-2H3/b4-3+. The van der Waals surface area contributed by atoms with Crippen LogP contribution in [0.25, 0.3) is 0 Å². The molecule has 2 fully saturated rings.